The Morgan fingerprint density at radius 2 is 1.96 bits per heavy atom. The highest BCUT2D eigenvalue weighted by molar-refractivity contribution is 5.78. The lowest BCUT2D eigenvalue weighted by Gasteiger charge is -2.28. The molecule has 1 fully saturated rings. The monoisotopic (exact) mass is 367 g/mol. The molecule has 27 heavy (non-hydrogen) atoms. The van der Waals surface area contributed by atoms with E-state index in [1.54, 1.807) is 0 Å². The lowest BCUT2D eigenvalue weighted by atomic mass is 10.0. The summed E-state index contributed by atoms with van der Waals surface area (Å²) in [7, 11) is 0. The van der Waals surface area contributed by atoms with Crippen LogP contribution in [-0.4, -0.2) is 46.4 Å². The van der Waals surface area contributed by atoms with Crippen LogP contribution in [0.5, 0.6) is 0 Å². The molecule has 2 amide bonds. The number of likely N-dealkylation sites (tertiary alicyclic amines) is 1. The van der Waals surface area contributed by atoms with E-state index in [2.05, 4.69) is 5.16 Å². The van der Waals surface area contributed by atoms with Gasteiger partial charge in [-0.1, -0.05) is 35.5 Å². The van der Waals surface area contributed by atoms with Crippen LogP contribution in [-0.2, 0) is 22.6 Å². The molecule has 6 heteroatoms. The summed E-state index contributed by atoms with van der Waals surface area (Å²) in [6.45, 7) is 2.73. The lowest BCUT2D eigenvalue weighted by Crippen LogP contribution is -2.38. The van der Waals surface area contributed by atoms with Crippen molar-refractivity contribution in [1.29, 1.82) is 0 Å². The highest BCUT2D eigenvalue weighted by Gasteiger charge is 2.27. The van der Waals surface area contributed by atoms with Crippen molar-refractivity contribution in [1.82, 2.24) is 15.0 Å². The van der Waals surface area contributed by atoms with E-state index < -0.39 is 0 Å². The van der Waals surface area contributed by atoms with E-state index in [4.69, 9.17) is 4.52 Å². The molecule has 2 aromatic rings. The largest absolute Gasteiger partial charge is 0.360 e. The molecule has 0 radical (unpaired) electrons. The number of benzene rings is 1. The van der Waals surface area contributed by atoms with Crippen LogP contribution in [0.1, 0.15) is 43.4 Å². The molecule has 0 bridgehead atoms. The second-order valence-corrected chi connectivity index (χ2v) is 7.31. The van der Waals surface area contributed by atoms with E-state index in [9.17, 15) is 9.59 Å². The molecule has 3 heterocycles. The first kappa shape index (κ1) is 17.8. The first-order chi connectivity index (χ1) is 13.2. The Labute approximate surface area is 159 Å². The summed E-state index contributed by atoms with van der Waals surface area (Å²) in [5.41, 5.74) is 2.87. The Balaban J connectivity index is 1.35. The van der Waals surface area contributed by atoms with E-state index in [0.29, 0.717) is 38.9 Å². The number of carbonyl (C=O) groups is 2. The van der Waals surface area contributed by atoms with Crippen LogP contribution in [0, 0.1) is 0 Å². The number of aromatic nitrogens is 1. The van der Waals surface area contributed by atoms with Gasteiger partial charge < -0.3 is 14.3 Å². The Bertz CT molecular complexity index is 815. The van der Waals surface area contributed by atoms with Gasteiger partial charge in [0, 0.05) is 50.0 Å². The number of piperidine rings is 1. The summed E-state index contributed by atoms with van der Waals surface area (Å²) in [4.78, 5) is 28.3. The fourth-order valence-electron chi connectivity index (χ4n) is 3.92. The summed E-state index contributed by atoms with van der Waals surface area (Å²) in [6.07, 6.45) is 4.62. The smallest absolute Gasteiger partial charge is 0.222 e. The number of fused-ring (bicyclic) bond motifs is 1. The molecule has 4 rings (SSSR count). The fraction of sp³-hybridized carbons (Fsp3) is 0.476. The molecule has 0 atom stereocenters. The van der Waals surface area contributed by atoms with E-state index in [1.165, 1.54) is 0 Å². The molecule has 0 spiro atoms. The predicted octanol–water partition coefficient (Wildman–Crippen LogP) is 3.02. The van der Waals surface area contributed by atoms with Gasteiger partial charge in [-0.15, -0.1) is 0 Å². The third-order valence-electron chi connectivity index (χ3n) is 5.47. The molecular weight excluding hydrogens is 342 g/mol. The standard InChI is InChI=1S/C21H25N3O3/c25-19-9-4-5-12-23(19)13-6-10-20(26)24-14-11-18-17(15-24)21(22-27-18)16-7-2-1-3-8-16/h1-3,7-8H,4-6,9-15H2. The maximum atomic E-state index is 12.7. The molecule has 1 aromatic carbocycles. The molecular formula is C21H25N3O3. The van der Waals surface area contributed by atoms with Crippen LogP contribution >= 0.6 is 0 Å². The molecule has 2 aliphatic rings. The number of rotatable bonds is 5. The minimum absolute atomic E-state index is 0.144. The van der Waals surface area contributed by atoms with Gasteiger partial charge in [-0.3, -0.25) is 9.59 Å². The normalized spacial score (nSPS) is 17.1. The van der Waals surface area contributed by atoms with Gasteiger partial charge in [0.1, 0.15) is 11.5 Å². The van der Waals surface area contributed by atoms with Gasteiger partial charge >= 0.3 is 0 Å². The third kappa shape index (κ3) is 3.89. The molecule has 1 aromatic heterocycles. The van der Waals surface area contributed by atoms with Crippen molar-refractivity contribution >= 4 is 11.8 Å². The van der Waals surface area contributed by atoms with Crippen molar-refractivity contribution in [3.05, 3.63) is 41.7 Å². The Morgan fingerprint density at radius 3 is 2.78 bits per heavy atom. The van der Waals surface area contributed by atoms with Crippen LogP contribution < -0.4 is 0 Å². The molecule has 0 aliphatic carbocycles. The summed E-state index contributed by atoms with van der Waals surface area (Å²) >= 11 is 0. The molecule has 142 valence electrons. The van der Waals surface area contributed by atoms with Crippen LogP contribution in [0.25, 0.3) is 11.3 Å². The number of hydrogen-bond donors (Lipinski definition) is 0. The van der Waals surface area contributed by atoms with Crippen LogP contribution in [0.15, 0.2) is 34.9 Å². The molecule has 0 N–H and O–H groups in total. The number of amides is 2. The summed E-state index contributed by atoms with van der Waals surface area (Å²) in [6, 6.07) is 9.94. The van der Waals surface area contributed by atoms with Crippen LogP contribution in [0.2, 0.25) is 0 Å². The molecule has 1 saturated heterocycles. The van der Waals surface area contributed by atoms with Crippen molar-refractivity contribution in [3.8, 4) is 11.3 Å². The zero-order valence-electron chi connectivity index (χ0n) is 15.5. The summed E-state index contributed by atoms with van der Waals surface area (Å²) < 4.78 is 5.51. The van der Waals surface area contributed by atoms with Gasteiger partial charge in [0.2, 0.25) is 11.8 Å². The Kier molecular flexibility index (Phi) is 5.23. The van der Waals surface area contributed by atoms with Crippen LogP contribution in [0.3, 0.4) is 0 Å². The van der Waals surface area contributed by atoms with E-state index in [0.717, 1.165) is 48.4 Å². The predicted molar refractivity (Wildman–Crippen MR) is 101 cm³/mol. The van der Waals surface area contributed by atoms with E-state index >= 15 is 0 Å². The summed E-state index contributed by atoms with van der Waals surface area (Å²) in [5, 5.41) is 4.24. The number of hydrogen-bond acceptors (Lipinski definition) is 4. The minimum atomic E-state index is 0.144. The van der Waals surface area contributed by atoms with Gasteiger partial charge in [0.25, 0.3) is 0 Å². The topological polar surface area (TPSA) is 66.7 Å². The SMILES string of the molecule is O=C1CCCCN1CCCC(=O)N1CCc2onc(-c3ccccc3)c2C1. The molecule has 2 aliphatic heterocycles. The highest BCUT2D eigenvalue weighted by atomic mass is 16.5. The van der Waals surface area contributed by atoms with E-state index in [-0.39, 0.29) is 11.8 Å². The van der Waals surface area contributed by atoms with Gasteiger partial charge in [-0.2, -0.15) is 0 Å². The van der Waals surface area contributed by atoms with Gasteiger partial charge in [-0.05, 0) is 19.3 Å². The van der Waals surface area contributed by atoms with Crippen molar-refractivity contribution in [3.63, 3.8) is 0 Å². The number of nitrogens with zero attached hydrogens (tertiary/aromatic N) is 3. The average Bonchev–Trinajstić information content (AvgIpc) is 3.13. The van der Waals surface area contributed by atoms with Gasteiger partial charge in [-0.25, -0.2) is 0 Å². The number of carbonyl (C=O) groups excluding carboxylic acids is 2. The summed E-state index contributed by atoms with van der Waals surface area (Å²) in [5.74, 6) is 1.26. The van der Waals surface area contributed by atoms with Crippen molar-refractivity contribution in [2.45, 2.75) is 45.1 Å². The van der Waals surface area contributed by atoms with Crippen LogP contribution in [0.4, 0.5) is 0 Å². The van der Waals surface area contributed by atoms with Gasteiger partial charge in [0.05, 0.1) is 6.54 Å². The van der Waals surface area contributed by atoms with Crippen molar-refractivity contribution in [2.24, 2.45) is 0 Å². The lowest BCUT2D eigenvalue weighted by molar-refractivity contribution is -0.135. The zero-order chi connectivity index (χ0) is 18.6. The second-order valence-electron chi connectivity index (χ2n) is 7.31. The van der Waals surface area contributed by atoms with E-state index in [1.807, 2.05) is 40.1 Å². The maximum absolute atomic E-state index is 12.7. The third-order valence-corrected chi connectivity index (χ3v) is 5.47. The average molecular weight is 367 g/mol. The molecule has 0 unspecified atom stereocenters. The Hall–Kier alpha value is -2.63. The molecule has 6 nitrogen and oxygen atoms in total. The fourth-order valence-corrected chi connectivity index (χ4v) is 3.92. The second kappa shape index (κ2) is 7.94. The van der Waals surface area contributed by atoms with Gasteiger partial charge in [0.15, 0.2) is 0 Å². The molecule has 0 saturated carbocycles. The maximum Gasteiger partial charge on any atom is 0.222 e. The zero-order valence-corrected chi connectivity index (χ0v) is 15.5. The van der Waals surface area contributed by atoms with Crippen molar-refractivity contribution < 1.29 is 14.1 Å². The minimum Gasteiger partial charge on any atom is -0.360 e. The Morgan fingerprint density at radius 1 is 1.11 bits per heavy atom. The first-order valence-corrected chi connectivity index (χ1v) is 9.81. The first-order valence-electron chi connectivity index (χ1n) is 9.81. The van der Waals surface area contributed by atoms with Crippen molar-refractivity contribution in [2.75, 3.05) is 19.6 Å². The quantitative estimate of drug-likeness (QED) is 0.815. The highest BCUT2D eigenvalue weighted by Crippen LogP contribution is 2.30.